The van der Waals surface area contributed by atoms with Crippen molar-refractivity contribution in [1.82, 2.24) is 10.2 Å². The van der Waals surface area contributed by atoms with Crippen molar-refractivity contribution < 1.29 is 4.42 Å². The van der Waals surface area contributed by atoms with Gasteiger partial charge in [-0.3, -0.25) is 0 Å². The zero-order chi connectivity index (χ0) is 13.8. The molecule has 1 aliphatic rings. The van der Waals surface area contributed by atoms with Gasteiger partial charge in [0.15, 0.2) is 0 Å². The highest BCUT2D eigenvalue weighted by Gasteiger charge is 2.16. The van der Waals surface area contributed by atoms with Gasteiger partial charge >= 0.3 is 6.01 Å². The summed E-state index contributed by atoms with van der Waals surface area (Å²) >= 11 is 0. The molecule has 1 heterocycles. The van der Waals surface area contributed by atoms with E-state index in [0.29, 0.717) is 11.9 Å². The number of anilines is 1. The van der Waals surface area contributed by atoms with Crippen LogP contribution in [0.15, 0.2) is 28.7 Å². The zero-order valence-electron chi connectivity index (χ0n) is 11.9. The summed E-state index contributed by atoms with van der Waals surface area (Å²) in [6.07, 6.45) is 6.77. The van der Waals surface area contributed by atoms with Gasteiger partial charge in [-0.25, -0.2) is 0 Å². The molecule has 106 valence electrons. The summed E-state index contributed by atoms with van der Waals surface area (Å²) < 4.78 is 5.56. The van der Waals surface area contributed by atoms with Crippen LogP contribution in [0.5, 0.6) is 0 Å². The summed E-state index contributed by atoms with van der Waals surface area (Å²) in [7, 11) is 0. The quantitative estimate of drug-likeness (QED) is 0.904. The Kier molecular flexibility index (Phi) is 4.00. The third-order valence-electron chi connectivity index (χ3n) is 3.99. The second-order valence-electron chi connectivity index (χ2n) is 5.40. The van der Waals surface area contributed by atoms with Gasteiger partial charge in [0.2, 0.25) is 5.89 Å². The van der Waals surface area contributed by atoms with Crippen molar-refractivity contribution in [3.63, 3.8) is 0 Å². The standard InChI is InChI=1S/C16H21N3O/c1-2-17-16-19-18-15(20-16)14-10-8-13(9-11-14)12-6-4-3-5-7-12/h8-12H,2-7H2,1H3,(H,17,19). The molecule has 0 aliphatic heterocycles. The van der Waals surface area contributed by atoms with E-state index in [-0.39, 0.29) is 0 Å². The lowest BCUT2D eigenvalue weighted by Crippen LogP contribution is -2.04. The lowest BCUT2D eigenvalue weighted by Gasteiger charge is -2.21. The smallest absolute Gasteiger partial charge is 0.315 e. The number of nitrogens with zero attached hydrogens (tertiary/aromatic N) is 2. The second kappa shape index (κ2) is 6.07. The Labute approximate surface area is 119 Å². The van der Waals surface area contributed by atoms with Crippen molar-refractivity contribution in [2.45, 2.75) is 44.9 Å². The lowest BCUT2D eigenvalue weighted by atomic mass is 9.84. The summed E-state index contributed by atoms with van der Waals surface area (Å²) in [6, 6.07) is 9.09. The van der Waals surface area contributed by atoms with Crippen LogP contribution < -0.4 is 5.32 Å². The third kappa shape index (κ3) is 2.84. The first-order valence-corrected chi connectivity index (χ1v) is 7.54. The van der Waals surface area contributed by atoms with Crippen LogP contribution in [-0.4, -0.2) is 16.7 Å². The van der Waals surface area contributed by atoms with E-state index in [9.17, 15) is 0 Å². The normalized spacial score (nSPS) is 16.2. The predicted octanol–water partition coefficient (Wildman–Crippen LogP) is 4.22. The lowest BCUT2D eigenvalue weighted by molar-refractivity contribution is 0.443. The van der Waals surface area contributed by atoms with Gasteiger partial charge in [0.1, 0.15) is 0 Å². The molecule has 1 aliphatic carbocycles. The summed E-state index contributed by atoms with van der Waals surface area (Å²) in [6.45, 7) is 2.78. The van der Waals surface area contributed by atoms with Gasteiger partial charge in [-0.15, -0.1) is 5.10 Å². The van der Waals surface area contributed by atoms with E-state index >= 15 is 0 Å². The molecule has 3 rings (SSSR count). The molecule has 0 spiro atoms. The Morgan fingerprint density at radius 2 is 1.85 bits per heavy atom. The average Bonchev–Trinajstić information content (AvgIpc) is 2.97. The van der Waals surface area contributed by atoms with Crippen LogP contribution in [0, 0.1) is 0 Å². The Morgan fingerprint density at radius 3 is 2.55 bits per heavy atom. The average molecular weight is 271 g/mol. The maximum absolute atomic E-state index is 5.56. The van der Waals surface area contributed by atoms with E-state index in [1.54, 1.807) is 0 Å². The number of hydrogen-bond donors (Lipinski definition) is 1. The van der Waals surface area contributed by atoms with Crippen LogP contribution >= 0.6 is 0 Å². The minimum Gasteiger partial charge on any atom is -0.403 e. The molecule has 1 saturated carbocycles. The highest BCUT2D eigenvalue weighted by molar-refractivity contribution is 5.54. The van der Waals surface area contributed by atoms with Crippen LogP contribution in [0.1, 0.15) is 50.5 Å². The molecule has 20 heavy (non-hydrogen) atoms. The molecule has 0 radical (unpaired) electrons. The molecule has 0 atom stereocenters. The first-order chi connectivity index (χ1) is 9.86. The van der Waals surface area contributed by atoms with Crippen LogP contribution in [0.2, 0.25) is 0 Å². The van der Waals surface area contributed by atoms with E-state index < -0.39 is 0 Å². The Hall–Kier alpha value is -1.84. The van der Waals surface area contributed by atoms with Crippen molar-refractivity contribution in [3.8, 4) is 11.5 Å². The summed E-state index contributed by atoms with van der Waals surface area (Å²) in [5.74, 6) is 1.31. The van der Waals surface area contributed by atoms with Crippen LogP contribution in [0.3, 0.4) is 0 Å². The van der Waals surface area contributed by atoms with E-state index in [4.69, 9.17) is 4.42 Å². The van der Waals surface area contributed by atoms with Gasteiger partial charge in [0.05, 0.1) is 0 Å². The molecule has 1 aromatic carbocycles. The maximum Gasteiger partial charge on any atom is 0.315 e. The molecule has 1 fully saturated rings. The molecule has 0 bridgehead atoms. The molecule has 1 N–H and O–H groups in total. The molecule has 0 amide bonds. The SMILES string of the molecule is CCNc1nnc(-c2ccc(C3CCCCC3)cc2)o1. The first kappa shape index (κ1) is 13.2. The fourth-order valence-electron chi connectivity index (χ4n) is 2.90. The van der Waals surface area contributed by atoms with Crippen LogP contribution in [0.25, 0.3) is 11.5 Å². The van der Waals surface area contributed by atoms with Gasteiger partial charge in [0, 0.05) is 12.1 Å². The van der Waals surface area contributed by atoms with Crippen LogP contribution in [0.4, 0.5) is 6.01 Å². The Bertz CT molecular complexity index is 541. The van der Waals surface area contributed by atoms with Gasteiger partial charge in [-0.1, -0.05) is 36.5 Å². The van der Waals surface area contributed by atoms with E-state index in [1.165, 1.54) is 37.7 Å². The zero-order valence-corrected chi connectivity index (χ0v) is 11.9. The Morgan fingerprint density at radius 1 is 1.10 bits per heavy atom. The van der Waals surface area contributed by atoms with Gasteiger partial charge < -0.3 is 9.73 Å². The number of aromatic nitrogens is 2. The van der Waals surface area contributed by atoms with Gasteiger partial charge in [-0.2, -0.15) is 0 Å². The minimum atomic E-state index is 0.485. The molecule has 0 saturated heterocycles. The Balaban J connectivity index is 1.74. The fourth-order valence-corrected chi connectivity index (χ4v) is 2.90. The van der Waals surface area contributed by atoms with E-state index in [2.05, 4.69) is 39.8 Å². The summed E-state index contributed by atoms with van der Waals surface area (Å²) in [5, 5.41) is 11.1. The van der Waals surface area contributed by atoms with Crippen molar-refractivity contribution in [1.29, 1.82) is 0 Å². The van der Waals surface area contributed by atoms with Crippen molar-refractivity contribution >= 4 is 6.01 Å². The monoisotopic (exact) mass is 271 g/mol. The van der Waals surface area contributed by atoms with E-state index in [1.807, 2.05) is 6.92 Å². The highest BCUT2D eigenvalue weighted by atomic mass is 16.4. The van der Waals surface area contributed by atoms with Crippen LogP contribution in [-0.2, 0) is 0 Å². The third-order valence-corrected chi connectivity index (χ3v) is 3.99. The number of benzene rings is 1. The maximum atomic E-state index is 5.56. The molecule has 4 heteroatoms. The summed E-state index contributed by atoms with van der Waals surface area (Å²) in [4.78, 5) is 0. The van der Waals surface area contributed by atoms with Crippen molar-refractivity contribution in [2.75, 3.05) is 11.9 Å². The number of nitrogens with one attached hydrogen (secondary N) is 1. The fraction of sp³-hybridized carbons (Fsp3) is 0.500. The number of hydrogen-bond acceptors (Lipinski definition) is 4. The summed E-state index contributed by atoms with van der Waals surface area (Å²) in [5.41, 5.74) is 2.43. The molecule has 4 nitrogen and oxygen atoms in total. The topological polar surface area (TPSA) is 51.0 Å². The second-order valence-corrected chi connectivity index (χ2v) is 5.40. The van der Waals surface area contributed by atoms with E-state index in [0.717, 1.165) is 18.0 Å². The number of rotatable bonds is 4. The first-order valence-electron chi connectivity index (χ1n) is 7.54. The van der Waals surface area contributed by atoms with Gasteiger partial charge in [0.25, 0.3) is 0 Å². The molecule has 2 aromatic rings. The molecular formula is C16H21N3O. The van der Waals surface area contributed by atoms with Crippen molar-refractivity contribution in [3.05, 3.63) is 29.8 Å². The minimum absolute atomic E-state index is 0.485. The molecular weight excluding hydrogens is 250 g/mol. The molecule has 0 unspecified atom stereocenters. The van der Waals surface area contributed by atoms with Crippen molar-refractivity contribution in [2.24, 2.45) is 0 Å². The molecule has 1 aromatic heterocycles. The predicted molar refractivity (Wildman–Crippen MR) is 79.7 cm³/mol. The highest BCUT2D eigenvalue weighted by Crippen LogP contribution is 2.33. The largest absolute Gasteiger partial charge is 0.403 e. The van der Waals surface area contributed by atoms with Gasteiger partial charge in [-0.05, 0) is 43.4 Å².